The quantitative estimate of drug-likeness (QED) is 0.458. The summed E-state index contributed by atoms with van der Waals surface area (Å²) in [5, 5.41) is 0. The van der Waals surface area contributed by atoms with E-state index in [1.165, 1.54) is 11.1 Å². The van der Waals surface area contributed by atoms with Crippen LogP contribution in [0.25, 0.3) is 11.1 Å². The fourth-order valence-electron chi connectivity index (χ4n) is 2.63. The maximum atomic E-state index is 5.27. The van der Waals surface area contributed by atoms with Gasteiger partial charge in [0.2, 0.25) is 0 Å². The Morgan fingerprint density at radius 3 is 1.33 bits per heavy atom. The van der Waals surface area contributed by atoms with Gasteiger partial charge < -0.3 is 33.6 Å². The Balaban J connectivity index is 0.000000452. The van der Waals surface area contributed by atoms with Crippen molar-refractivity contribution >= 4 is 17.3 Å². The normalized spacial score (nSPS) is 18.8. The molecule has 0 bridgehead atoms. The van der Waals surface area contributed by atoms with Crippen LogP contribution >= 0.6 is 0 Å². The molecule has 0 saturated heterocycles. The van der Waals surface area contributed by atoms with E-state index in [1.807, 2.05) is 24.3 Å². The maximum absolute atomic E-state index is 5.27. The van der Waals surface area contributed by atoms with Crippen molar-refractivity contribution < 1.29 is 52.8 Å². The van der Waals surface area contributed by atoms with Crippen LogP contribution in [0.15, 0.2) is 68.9 Å². The molecule has 0 saturated carbocycles. The molecular formula is C24H28Cl2O2SiTi-2. The van der Waals surface area contributed by atoms with Gasteiger partial charge in [-0.3, -0.25) is 0 Å². The average Bonchev–Trinajstić information content (AvgIpc) is 3.39. The van der Waals surface area contributed by atoms with Crippen molar-refractivity contribution in [2.24, 2.45) is 11.8 Å². The van der Waals surface area contributed by atoms with Crippen LogP contribution in [-0.4, -0.2) is 6.19 Å². The molecule has 4 rings (SSSR count). The van der Waals surface area contributed by atoms with Crippen LogP contribution < -0.4 is 24.8 Å². The SMILES string of the molecule is CC1=CC(c2ccco2)=[C-]C1C.CC1=CC(c2ccco2)=[C-]C1C.C[Si](C)=[Ti+2].[Cl-].[Cl-]. The van der Waals surface area contributed by atoms with E-state index in [1.54, 1.807) is 12.5 Å². The molecule has 2 aromatic rings. The molecule has 2 aliphatic rings. The first-order valence-electron chi connectivity index (χ1n) is 9.50. The predicted molar refractivity (Wildman–Crippen MR) is 114 cm³/mol. The van der Waals surface area contributed by atoms with Crippen molar-refractivity contribution in [3.8, 4) is 0 Å². The standard InChI is InChI=1S/2C11H11O.C2H6Si.2ClH.Ti/c2*1-8-6-10(7-9(8)2)11-4-3-5-12-11;1-3-2;;;/h2*3-6,9H,1-2H3;1-2H3;2*1H;/q2*-1;;;;+2/p-2. The van der Waals surface area contributed by atoms with Gasteiger partial charge >= 0.3 is 38.5 Å². The van der Waals surface area contributed by atoms with Crippen molar-refractivity contribution in [2.45, 2.75) is 40.8 Å². The molecule has 2 nitrogen and oxygen atoms in total. The molecule has 30 heavy (non-hydrogen) atoms. The Labute approximate surface area is 205 Å². The van der Waals surface area contributed by atoms with E-state index < -0.39 is 0 Å². The third-order valence-electron chi connectivity index (χ3n) is 4.43. The van der Waals surface area contributed by atoms with Gasteiger partial charge in [0.1, 0.15) is 0 Å². The van der Waals surface area contributed by atoms with Crippen LogP contribution in [0.3, 0.4) is 0 Å². The second-order valence-corrected chi connectivity index (χ2v) is 14.0. The summed E-state index contributed by atoms with van der Waals surface area (Å²) in [6.07, 6.45) is 14.4. The number of furan rings is 2. The molecule has 0 radical (unpaired) electrons. The molecule has 2 heterocycles. The Morgan fingerprint density at radius 1 is 0.800 bits per heavy atom. The molecule has 2 aromatic heterocycles. The zero-order valence-corrected chi connectivity index (χ0v) is 22.4. The Morgan fingerprint density at radius 2 is 1.13 bits per heavy atom. The van der Waals surface area contributed by atoms with Crippen LogP contribution in [0.2, 0.25) is 13.1 Å². The molecule has 2 unspecified atom stereocenters. The molecule has 0 aromatic carbocycles. The van der Waals surface area contributed by atoms with Gasteiger partial charge in [0.05, 0.1) is 12.5 Å². The number of hydrogen-bond donors (Lipinski definition) is 0. The fraction of sp³-hybridized carbons (Fsp3) is 0.333. The van der Waals surface area contributed by atoms with Gasteiger partial charge in [-0.2, -0.15) is 35.5 Å². The van der Waals surface area contributed by atoms with Gasteiger partial charge in [0.15, 0.2) is 0 Å². The van der Waals surface area contributed by atoms with Gasteiger partial charge in [-0.15, -0.1) is 11.1 Å². The second-order valence-electron chi connectivity index (χ2n) is 7.29. The largest absolute Gasteiger partial charge is 1.00 e. The molecule has 0 spiro atoms. The molecule has 0 N–H and O–H groups in total. The Kier molecular flexibility index (Phi) is 13.7. The smallest absolute Gasteiger partial charge is 1.00 e. The first-order chi connectivity index (χ1) is 13.3. The van der Waals surface area contributed by atoms with E-state index in [4.69, 9.17) is 8.83 Å². The summed E-state index contributed by atoms with van der Waals surface area (Å²) in [5.74, 6) is 2.70. The van der Waals surface area contributed by atoms with Crippen LogP contribution in [0.4, 0.5) is 0 Å². The molecular weight excluding hydrogens is 467 g/mol. The minimum Gasteiger partial charge on any atom is -1.00 e. The van der Waals surface area contributed by atoms with E-state index in [9.17, 15) is 0 Å². The van der Waals surface area contributed by atoms with Crippen molar-refractivity contribution in [1.29, 1.82) is 0 Å². The summed E-state index contributed by atoms with van der Waals surface area (Å²) in [6.45, 7) is 13.1. The zero-order valence-electron chi connectivity index (χ0n) is 18.3. The van der Waals surface area contributed by atoms with Crippen molar-refractivity contribution in [1.82, 2.24) is 0 Å². The summed E-state index contributed by atoms with van der Waals surface area (Å²) in [6, 6.07) is 7.72. The molecule has 2 aliphatic carbocycles. The Hall–Kier alpha value is -0.969. The molecule has 6 heteroatoms. The van der Waals surface area contributed by atoms with Gasteiger partial charge in [-0.1, -0.05) is 51.7 Å². The van der Waals surface area contributed by atoms with Crippen LogP contribution in [-0.2, 0) is 19.2 Å². The number of halogens is 2. The molecule has 0 amide bonds. The van der Waals surface area contributed by atoms with Gasteiger partial charge in [-0.25, -0.2) is 0 Å². The first kappa shape index (κ1) is 29.0. The van der Waals surface area contributed by atoms with E-state index >= 15 is 0 Å². The first-order valence-corrected chi connectivity index (χ1v) is 14.3. The van der Waals surface area contributed by atoms with Gasteiger partial charge in [0.25, 0.3) is 0 Å². The van der Waals surface area contributed by atoms with Crippen LogP contribution in [0, 0.1) is 24.0 Å². The summed E-state index contributed by atoms with van der Waals surface area (Å²) in [7, 11) is 0. The van der Waals surface area contributed by atoms with Crippen molar-refractivity contribution in [3.05, 3.63) is 83.8 Å². The van der Waals surface area contributed by atoms with Crippen molar-refractivity contribution in [2.75, 3.05) is 0 Å². The maximum Gasteiger partial charge on any atom is -1.00 e. The van der Waals surface area contributed by atoms with E-state index in [2.05, 4.69) is 84.3 Å². The summed E-state index contributed by atoms with van der Waals surface area (Å²) >= 11 is 2.27. The van der Waals surface area contributed by atoms with E-state index in [0.29, 0.717) is 11.8 Å². The van der Waals surface area contributed by atoms with Gasteiger partial charge in [0, 0.05) is 11.5 Å². The summed E-state index contributed by atoms with van der Waals surface area (Å²) < 4.78 is 10.5. The predicted octanol–water partition coefficient (Wildman–Crippen LogP) is 0.917. The third-order valence-corrected chi connectivity index (χ3v) is 4.43. The van der Waals surface area contributed by atoms with Crippen LogP contribution in [0.5, 0.6) is 0 Å². The van der Waals surface area contributed by atoms with Crippen LogP contribution in [0.1, 0.15) is 39.2 Å². The molecule has 0 fully saturated rings. The van der Waals surface area contributed by atoms with Gasteiger partial charge in [-0.05, 0) is 12.1 Å². The number of allylic oxidation sites excluding steroid dienone is 8. The summed E-state index contributed by atoms with van der Waals surface area (Å²) in [4.78, 5) is 0. The minimum absolute atomic E-state index is 0. The zero-order chi connectivity index (χ0) is 20.7. The minimum atomic E-state index is 0. The van der Waals surface area contributed by atoms with Crippen molar-refractivity contribution in [3.63, 3.8) is 0 Å². The molecule has 0 aliphatic heterocycles. The number of hydrogen-bond acceptors (Lipinski definition) is 2. The van der Waals surface area contributed by atoms with E-state index in [0.717, 1.165) is 22.7 Å². The second kappa shape index (κ2) is 14.2. The monoisotopic (exact) mass is 494 g/mol. The summed E-state index contributed by atoms with van der Waals surface area (Å²) in [5.41, 5.74) is 4.87. The molecule has 2 atom stereocenters. The number of rotatable bonds is 2. The Bertz CT molecular complexity index is 833. The fourth-order valence-corrected chi connectivity index (χ4v) is 2.63. The average molecular weight is 495 g/mol. The topological polar surface area (TPSA) is 26.3 Å². The third kappa shape index (κ3) is 9.03. The molecule has 160 valence electrons. The van der Waals surface area contributed by atoms with E-state index in [-0.39, 0.29) is 31.0 Å².